The Kier molecular flexibility index (Phi) is 8.65. The topological polar surface area (TPSA) is 76.6 Å². The quantitative estimate of drug-likeness (QED) is 0.310. The van der Waals surface area contributed by atoms with Crippen LogP contribution in [-0.2, 0) is 4.79 Å². The largest absolute Gasteiger partial charge is 0.493 e. The van der Waals surface area contributed by atoms with Gasteiger partial charge in [0.1, 0.15) is 12.1 Å². The second-order valence-electron chi connectivity index (χ2n) is 7.55. The van der Waals surface area contributed by atoms with E-state index >= 15 is 0 Å². The zero-order valence-corrected chi connectivity index (χ0v) is 21.3. The summed E-state index contributed by atoms with van der Waals surface area (Å²) in [6.45, 7) is 0.545. The van der Waals surface area contributed by atoms with Crippen LogP contribution in [0, 0.1) is 0 Å². The Morgan fingerprint density at radius 3 is 2.66 bits per heavy atom. The van der Waals surface area contributed by atoms with Crippen LogP contribution in [0.2, 0.25) is 0 Å². The van der Waals surface area contributed by atoms with E-state index in [4.69, 9.17) is 9.47 Å². The number of fused-ring (bicyclic) bond motifs is 1. The smallest absolute Gasteiger partial charge is 0.222 e. The van der Waals surface area contributed by atoms with E-state index < -0.39 is 0 Å². The molecule has 0 aliphatic carbocycles. The summed E-state index contributed by atoms with van der Waals surface area (Å²) in [4.78, 5) is 22.1. The number of amides is 1. The minimum Gasteiger partial charge on any atom is -0.493 e. The van der Waals surface area contributed by atoms with Gasteiger partial charge < -0.3 is 19.7 Å². The van der Waals surface area contributed by atoms with E-state index in [9.17, 15) is 4.79 Å². The summed E-state index contributed by atoms with van der Waals surface area (Å²) >= 11 is 3.48. The molecule has 0 saturated heterocycles. The molecule has 1 heterocycles. The number of methoxy groups -OCH3 is 1. The Balaban J connectivity index is 1.69. The minimum atomic E-state index is 0.156. The van der Waals surface area contributed by atoms with E-state index in [-0.39, 0.29) is 5.91 Å². The van der Waals surface area contributed by atoms with Crippen LogP contribution in [0.25, 0.3) is 10.9 Å². The van der Waals surface area contributed by atoms with Crippen molar-refractivity contribution in [1.29, 1.82) is 0 Å². The molecule has 7 nitrogen and oxygen atoms in total. The second-order valence-corrected chi connectivity index (χ2v) is 9.08. The highest BCUT2D eigenvalue weighted by Crippen LogP contribution is 2.35. The van der Waals surface area contributed by atoms with Gasteiger partial charge in [0.15, 0.2) is 11.5 Å². The number of carbonyl (C=O) groups is 1. The van der Waals surface area contributed by atoms with Gasteiger partial charge >= 0.3 is 0 Å². The van der Waals surface area contributed by atoms with Gasteiger partial charge in [-0.3, -0.25) is 4.79 Å². The molecule has 9 heteroatoms. The van der Waals surface area contributed by atoms with E-state index in [1.807, 2.05) is 30.3 Å². The van der Waals surface area contributed by atoms with Crippen LogP contribution in [0.15, 0.2) is 41.1 Å². The Labute approximate surface area is 199 Å². The fourth-order valence-electron chi connectivity index (χ4n) is 3.17. The van der Waals surface area contributed by atoms with Crippen molar-refractivity contribution in [3.8, 4) is 11.5 Å². The lowest BCUT2D eigenvalue weighted by Gasteiger charge is -2.14. The highest BCUT2D eigenvalue weighted by atomic mass is 79.9. The summed E-state index contributed by atoms with van der Waals surface area (Å²) in [7, 11) is 7.90. The average molecular weight is 519 g/mol. The number of rotatable bonds is 10. The number of nitrogens with one attached hydrogen (secondary N) is 1. The van der Waals surface area contributed by atoms with Gasteiger partial charge in [0.2, 0.25) is 5.91 Å². The lowest BCUT2D eigenvalue weighted by atomic mass is 10.2. The third-order valence-electron chi connectivity index (χ3n) is 4.98. The van der Waals surface area contributed by atoms with Gasteiger partial charge in [-0.1, -0.05) is 15.9 Å². The van der Waals surface area contributed by atoms with E-state index in [0.29, 0.717) is 30.3 Å². The van der Waals surface area contributed by atoms with Crippen molar-refractivity contribution in [3.05, 3.63) is 41.1 Å². The van der Waals surface area contributed by atoms with Crippen LogP contribution in [0.3, 0.4) is 0 Å². The van der Waals surface area contributed by atoms with E-state index in [1.54, 1.807) is 26.1 Å². The van der Waals surface area contributed by atoms with E-state index in [1.165, 1.54) is 6.33 Å². The molecule has 3 rings (SSSR count). The minimum absolute atomic E-state index is 0.156. The molecule has 170 valence electrons. The van der Waals surface area contributed by atoms with Crippen LogP contribution in [0.5, 0.6) is 11.5 Å². The number of hydrogen-bond donors (Lipinski definition) is 1. The number of carbonyl (C=O) groups excluding carboxylic acids is 1. The fourth-order valence-corrected chi connectivity index (χ4v) is 4.14. The molecule has 0 aliphatic heterocycles. The van der Waals surface area contributed by atoms with Crippen molar-refractivity contribution in [2.75, 3.05) is 33.1 Å². The molecule has 1 N–H and O–H groups in total. The highest BCUT2D eigenvalue weighted by molar-refractivity contribution is 9.10. The number of nitrogens with zero attached hydrogens (tertiary/aromatic N) is 3. The summed E-state index contributed by atoms with van der Waals surface area (Å²) in [5, 5.41) is 5.23. The third-order valence-corrected chi connectivity index (χ3v) is 5.95. The van der Waals surface area contributed by atoms with Crippen LogP contribution >= 0.6 is 25.2 Å². The summed E-state index contributed by atoms with van der Waals surface area (Å²) in [6, 6.07) is 9.74. The highest BCUT2D eigenvalue weighted by Gasteiger charge is 2.13. The first-order chi connectivity index (χ1) is 15.4. The standard InChI is InChI=1S/C23H28BrN4O3P/c1-28(2)22(29)7-5-4-6-10-31-20-13-18-16(12-19(20)30-3)23(26-14-25-18)27-17-9-8-15(24)11-21(17)32/h8-9,11-14H,4-7,10,32H2,1-3H3,(H,25,26,27). The molecule has 1 aromatic heterocycles. The number of ether oxygens (including phenoxy) is 2. The molecule has 0 fully saturated rings. The van der Waals surface area contributed by atoms with Crippen LogP contribution in [0.4, 0.5) is 11.5 Å². The third kappa shape index (κ3) is 6.30. The number of hydrogen-bond acceptors (Lipinski definition) is 6. The van der Waals surface area contributed by atoms with Gasteiger partial charge in [0.05, 0.1) is 19.2 Å². The molecular weight excluding hydrogens is 491 g/mol. The van der Waals surface area contributed by atoms with E-state index in [0.717, 1.165) is 45.6 Å². The van der Waals surface area contributed by atoms with Crippen LogP contribution in [0.1, 0.15) is 25.7 Å². The first-order valence-electron chi connectivity index (χ1n) is 10.4. The van der Waals surface area contributed by atoms with Crippen molar-refractivity contribution >= 4 is 58.8 Å². The molecule has 32 heavy (non-hydrogen) atoms. The number of benzene rings is 2. The fraction of sp³-hybridized carbons (Fsp3) is 0.348. The Morgan fingerprint density at radius 1 is 1.12 bits per heavy atom. The Morgan fingerprint density at radius 2 is 1.94 bits per heavy atom. The van der Waals surface area contributed by atoms with Crippen LogP contribution < -0.4 is 20.1 Å². The summed E-state index contributed by atoms with van der Waals surface area (Å²) in [5.41, 5.74) is 1.70. The predicted molar refractivity (Wildman–Crippen MR) is 136 cm³/mol. The average Bonchev–Trinajstić information content (AvgIpc) is 2.77. The van der Waals surface area contributed by atoms with Gasteiger partial charge in [-0.2, -0.15) is 0 Å². The number of unbranched alkanes of at least 4 members (excludes halogenated alkanes) is 2. The van der Waals surface area contributed by atoms with Crippen molar-refractivity contribution in [2.24, 2.45) is 0 Å². The van der Waals surface area contributed by atoms with Crippen LogP contribution in [-0.4, -0.2) is 48.6 Å². The number of anilines is 2. The molecule has 0 aliphatic rings. The molecule has 0 spiro atoms. The maximum Gasteiger partial charge on any atom is 0.222 e. The summed E-state index contributed by atoms with van der Waals surface area (Å²) < 4.78 is 12.5. The zero-order chi connectivity index (χ0) is 23.1. The second kappa shape index (κ2) is 11.4. The first kappa shape index (κ1) is 24.2. The molecule has 0 saturated carbocycles. The molecule has 3 aromatic rings. The molecule has 2 aromatic carbocycles. The predicted octanol–water partition coefficient (Wildman–Crippen LogP) is 4.67. The Bertz CT molecular complexity index is 1090. The molecule has 1 atom stereocenters. The molecular formula is C23H28BrN4O3P. The van der Waals surface area contributed by atoms with Crippen molar-refractivity contribution < 1.29 is 14.3 Å². The van der Waals surface area contributed by atoms with Gasteiger partial charge in [0.25, 0.3) is 0 Å². The number of halogens is 1. The summed E-state index contributed by atoms with van der Waals surface area (Å²) in [6.07, 6.45) is 4.74. The first-order valence-corrected chi connectivity index (χ1v) is 11.7. The SMILES string of the molecule is COc1cc2c(Nc3ccc(Br)cc3P)ncnc2cc1OCCCCCC(=O)N(C)C. The van der Waals surface area contributed by atoms with Crippen molar-refractivity contribution in [3.63, 3.8) is 0 Å². The van der Waals surface area contributed by atoms with Crippen molar-refractivity contribution in [2.45, 2.75) is 25.7 Å². The zero-order valence-electron chi connectivity index (χ0n) is 18.5. The molecule has 0 bridgehead atoms. The lowest BCUT2D eigenvalue weighted by molar-refractivity contribution is -0.128. The van der Waals surface area contributed by atoms with Gasteiger partial charge in [0, 0.05) is 42.1 Å². The van der Waals surface area contributed by atoms with E-state index in [2.05, 4.69) is 40.5 Å². The van der Waals surface area contributed by atoms with Gasteiger partial charge in [-0.15, -0.1) is 9.24 Å². The molecule has 0 radical (unpaired) electrons. The maximum atomic E-state index is 11.6. The Hall–Kier alpha value is -2.44. The monoisotopic (exact) mass is 518 g/mol. The lowest BCUT2D eigenvalue weighted by Crippen LogP contribution is -2.21. The van der Waals surface area contributed by atoms with Gasteiger partial charge in [-0.25, -0.2) is 9.97 Å². The number of aromatic nitrogens is 2. The normalized spacial score (nSPS) is 10.8. The van der Waals surface area contributed by atoms with Crippen molar-refractivity contribution in [1.82, 2.24) is 14.9 Å². The molecule has 1 unspecified atom stereocenters. The molecule has 1 amide bonds. The maximum absolute atomic E-state index is 11.6. The summed E-state index contributed by atoms with van der Waals surface area (Å²) in [5.74, 6) is 2.11. The van der Waals surface area contributed by atoms with Gasteiger partial charge in [-0.05, 0) is 48.8 Å².